The zero-order chi connectivity index (χ0) is 15.4. The molecule has 0 radical (unpaired) electrons. The number of hydrogen-bond donors (Lipinski definition) is 1. The zero-order valence-electron chi connectivity index (χ0n) is 12.7. The Morgan fingerprint density at radius 1 is 1.38 bits per heavy atom. The number of likely N-dealkylation sites (N-methyl/N-ethyl adjacent to an activating group) is 1. The van der Waals surface area contributed by atoms with Gasteiger partial charge in [0, 0.05) is 17.5 Å². The van der Waals surface area contributed by atoms with Crippen LogP contribution in [0.4, 0.5) is 0 Å². The first-order valence-corrected chi connectivity index (χ1v) is 7.90. The van der Waals surface area contributed by atoms with Gasteiger partial charge >= 0.3 is 5.97 Å². The molecule has 0 amide bonds. The Balaban J connectivity index is 2.01. The molecular weight excluding hydrogens is 282 g/mol. The predicted molar refractivity (Wildman–Crippen MR) is 87.1 cm³/mol. The molecule has 1 unspecified atom stereocenters. The predicted octanol–water partition coefficient (Wildman–Crippen LogP) is 3.82. The van der Waals surface area contributed by atoms with Crippen LogP contribution in [-0.4, -0.2) is 29.1 Å². The Hall–Kier alpha value is -1.65. The van der Waals surface area contributed by atoms with Gasteiger partial charge in [-0.25, -0.2) is 4.79 Å². The second-order valence-electron chi connectivity index (χ2n) is 5.49. The summed E-state index contributed by atoms with van der Waals surface area (Å²) in [7, 11) is 2.11. The van der Waals surface area contributed by atoms with E-state index in [0.717, 1.165) is 18.5 Å². The fourth-order valence-electron chi connectivity index (χ4n) is 2.31. The number of rotatable bonds is 6. The monoisotopic (exact) mass is 303 g/mol. The van der Waals surface area contributed by atoms with Crippen LogP contribution < -0.4 is 0 Å². The van der Waals surface area contributed by atoms with Gasteiger partial charge in [-0.3, -0.25) is 4.90 Å². The van der Waals surface area contributed by atoms with Crippen molar-refractivity contribution in [3.63, 3.8) is 0 Å². The van der Waals surface area contributed by atoms with Crippen molar-refractivity contribution in [2.24, 2.45) is 0 Å². The van der Waals surface area contributed by atoms with Crippen molar-refractivity contribution in [3.8, 4) is 0 Å². The molecule has 112 valence electrons. The first-order valence-electron chi connectivity index (χ1n) is 7.03. The molecule has 2 rings (SSSR count). The first kappa shape index (κ1) is 15.7. The summed E-state index contributed by atoms with van der Waals surface area (Å²) < 4.78 is 0. The second-order valence-corrected chi connectivity index (χ2v) is 6.53. The Labute approximate surface area is 129 Å². The van der Waals surface area contributed by atoms with E-state index < -0.39 is 5.97 Å². The van der Waals surface area contributed by atoms with Crippen molar-refractivity contribution in [3.05, 3.63) is 57.3 Å². The van der Waals surface area contributed by atoms with Crippen molar-refractivity contribution in [1.29, 1.82) is 0 Å². The van der Waals surface area contributed by atoms with E-state index in [-0.39, 0.29) is 0 Å². The van der Waals surface area contributed by atoms with Gasteiger partial charge in [-0.1, -0.05) is 12.1 Å². The quantitative estimate of drug-likeness (QED) is 0.882. The van der Waals surface area contributed by atoms with Crippen LogP contribution in [0.1, 0.15) is 33.3 Å². The molecule has 0 fully saturated rings. The number of thiophene rings is 1. The Morgan fingerprint density at radius 3 is 2.71 bits per heavy atom. The molecule has 1 aromatic carbocycles. The smallest absolute Gasteiger partial charge is 0.335 e. The van der Waals surface area contributed by atoms with Crippen LogP contribution in [0.2, 0.25) is 0 Å². The lowest BCUT2D eigenvalue weighted by atomic mass is 10.0. The molecule has 0 saturated carbocycles. The van der Waals surface area contributed by atoms with Gasteiger partial charge in [0.15, 0.2) is 0 Å². The van der Waals surface area contributed by atoms with Gasteiger partial charge in [0.05, 0.1) is 5.56 Å². The van der Waals surface area contributed by atoms with Crippen LogP contribution in [0.3, 0.4) is 0 Å². The summed E-state index contributed by atoms with van der Waals surface area (Å²) in [5.74, 6) is -0.871. The van der Waals surface area contributed by atoms with Crippen LogP contribution in [-0.2, 0) is 13.0 Å². The van der Waals surface area contributed by atoms with Crippen molar-refractivity contribution < 1.29 is 9.90 Å². The SMILES string of the molecule is Cc1cc(C(=O)O)ccc1CN(C)C(C)Cc1cccs1. The molecule has 0 aliphatic heterocycles. The Kier molecular flexibility index (Phi) is 5.15. The molecule has 0 aliphatic carbocycles. The van der Waals surface area contributed by atoms with E-state index in [1.165, 1.54) is 10.4 Å². The zero-order valence-corrected chi connectivity index (χ0v) is 13.5. The minimum atomic E-state index is -0.871. The number of carboxylic acids is 1. The summed E-state index contributed by atoms with van der Waals surface area (Å²) in [4.78, 5) is 14.7. The highest BCUT2D eigenvalue weighted by Crippen LogP contribution is 2.17. The maximum absolute atomic E-state index is 11.0. The second kappa shape index (κ2) is 6.87. The maximum atomic E-state index is 11.0. The molecule has 3 nitrogen and oxygen atoms in total. The molecular formula is C17H21NO2S. The molecule has 1 aromatic heterocycles. The Bertz CT molecular complexity index is 607. The molecule has 2 aromatic rings. The van der Waals surface area contributed by atoms with E-state index in [0.29, 0.717) is 11.6 Å². The standard InChI is InChI=1S/C17H21NO2S/c1-12-9-14(17(19)20)6-7-15(12)11-18(3)13(2)10-16-5-4-8-21-16/h4-9,13H,10-11H2,1-3H3,(H,19,20). The van der Waals surface area contributed by atoms with Crippen LogP contribution >= 0.6 is 11.3 Å². The molecule has 1 N–H and O–H groups in total. The topological polar surface area (TPSA) is 40.5 Å². The molecule has 0 aliphatic rings. The van der Waals surface area contributed by atoms with Gasteiger partial charge < -0.3 is 5.11 Å². The average molecular weight is 303 g/mol. The maximum Gasteiger partial charge on any atom is 0.335 e. The van der Waals surface area contributed by atoms with Crippen molar-refractivity contribution in [2.45, 2.75) is 32.9 Å². The van der Waals surface area contributed by atoms with Crippen molar-refractivity contribution >= 4 is 17.3 Å². The number of hydrogen-bond acceptors (Lipinski definition) is 3. The van der Waals surface area contributed by atoms with Gasteiger partial charge in [0.2, 0.25) is 0 Å². The summed E-state index contributed by atoms with van der Waals surface area (Å²) >= 11 is 1.79. The van der Waals surface area contributed by atoms with Crippen LogP contribution in [0.5, 0.6) is 0 Å². The molecule has 21 heavy (non-hydrogen) atoms. The largest absolute Gasteiger partial charge is 0.478 e. The van der Waals surface area contributed by atoms with Gasteiger partial charge in [-0.05, 0) is 62.0 Å². The lowest BCUT2D eigenvalue weighted by molar-refractivity contribution is 0.0696. The highest BCUT2D eigenvalue weighted by atomic mass is 32.1. The van der Waals surface area contributed by atoms with Gasteiger partial charge in [0.25, 0.3) is 0 Å². The van der Waals surface area contributed by atoms with E-state index in [9.17, 15) is 4.79 Å². The van der Waals surface area contributed by atoms with E-state index >= 15 is 0 Å². The first-order chi connectivity index (χ1) is 9.97. The van der Waals surface area contributed by atoms with Crippen LogP contribution in [0, 0.1) is 6.92 Å². The summed E-state index contributed by atoms with van der Waals surface area (Å²) in [5, 5.41) is 11.1. The van der Waals surface area contributed by atoms with Crippen molar-refractivity contribution in [1.82, 2.24) is 4.90 Å². The van der Waals surface area contributed by atoms with Gasteiger partial charge in [-0.15, -0.1) is 11.3 Å². The highest BCUT2D eigenvalue weighted by Gasteiger charge is 2.13. The Morgan fingerprint density at radius 2 is 2.14 bits per heavy atom. The van der Waals surface area contributed by atoms with Gasteiger partial charge in [-0.2, -0.15) is 0 Å². The van der Waals surface area contributed by atoms with E-state index in [4.69, 9.17) is 5.11 Å². The third-order valence-corrected chi connectivity index (χ3v) is 4.74. The summed E-state index contributed by atoms with van der Waals surface area (Å²) in [6.45, 7) is 5.03. The molecule has 0 bridgehead atoms. The van der Waals surface area contributed by atoms with Crippen molar-refractivity contribution in [2.75, 3.05) is 7.05 Å². The molecule has 1 atom stereocenters. The molecule has 0 saturated heterocycles. The molecule has 1 heterocycles. The molecule has 4 heteroatoms. The molecule has 0 spiro atoms. The lowest BCUT2D eigenvalue weighted by Gasteiger charge is -2.25. The highest BCUT2D eigenvalue weighted by molar-refractivity contribution is 7.09. The number of carbonyl (C=O) groups is 1. The number of benzene rings is 1. The minimum absolute atomic E-state index is 0.352. The van der Waals surface area contributed by atoms with E-state index in [2.05, 4.69) is 36.4 Å². The summed E-state index contributed by atoms with van der Waals surface area (Å²) in [6, 6.07) is 10.1. The van der Waals surface area contributed by atoms with E-state index in [1.807, 2.05) is 13.0 Å². The number of carboxylic acid groups (broad SMARTS) is 1. The number of aryl methyl sites for hydroxylation is 1. The van der Waals surface area contributed by atoms with Gasteiger partial charge in [0.1, 0.15) is 0 Å². The fraction of sp³-hybridized carbons (Fsp3) is 0.353. The summed E-state index contributed by atoms with van der Waals surface area (Å²) in [6.07, 6.45) is 1.04. The van der Waals surface area contributed by atoms with E-state index in [1.54, 1.807) is 23.5 Å². The number of aromatic carboxylic acids is 1. The fourth-order valence-corrected chi connectivity index (χ4v) is 3.13. The van der Waals surface area contributed by atoms with Crippen LogP contribution in [0.15, 0.2) is 35.7 Å². The third kappa shape index (κ3) is 4.16. The lowest BCUT2D eigenvalue weighted by Crippen LogP contribution is -2.30. The average Bonchev–Trinajstić information content (AvgIpc) is 2.93. The normalized spacial score (nSPS) is 12.6. The number of nitrogens with zero attached hydrogens (tertiary/aromatic N) is 1. The minimum Gasteiger partial charge on any atom is -0.478 e. The summed E-state index contributed by atoms with van der Waals surface area (Å²) in [5.41, 5.74) is 2.57. The third-order valence-electron chi connectivity index (χ3n) is 3.84. The van der Waals surface area contributed by atoms with Crippen LogP contribution in [0.25, 0.3) is 0 Å².